The monoisotopic (exact) mass is 731 g/mol. The Morgan fingerprint density at radius 3 is 2.46 bits per heavy atom. The summed E-state index contributed by atoms with van der Waals surface area (Å²) < 4.78 is 50.9. The summed E-state index contributed by atoms with van der Waals surface area (Å²) in [5.74, 6) is -0.188. The number of fused-ring (bicyclic) bond motifs is 1. The van der Waals surface area contributed by atoms with Crippen molar-refractivity contribution in [3.8, 4) is 5.75 Å². The highest BCUT2D eigenvalue weighted by Crippen LogP contribution is 2.33. The molecule has 1 heterocycles. The van der Waals surface area contributed by atoms with E-state index in [1.807, 2.05) is 50.2 Å². The summed E-state index contributed by atoms with van der Waals surface area (Å²) in [6, 6.07) is 27.6. The van der Waals surface area contributed by atoms with Gasteiger partial charge >= 0.3 is 0 Å². The average molecular weight is 732 g/mol. The highest BCUT2D eigenvalue weighted by Gasteiger charge is 2.27. The molecule has 0 fully saturated rings. The minimum absolute atomic E-state index is 0.139. The molecule has 5 rings (SSSR count). The predicted molar refractivity (Wildman–Crippen MR) is 201 cm³/mol. The van der Waals surface area contributed by atoms with Crippen molar-refractivity contribution in [1.82, 2.24) is 5.32 Å². The van der Waals surface area contributed by atoms with Gasteiger partial charge in [0.1, 0.15) is 5.75 Å². The molecule has 1 aliphatic heterocycles. The van der Waals surface area contributed by atoms with Gasteiger partial charge in [-0.3, -0.25) is 9.52 Å². The summed E-state index contributed by atoms with van der Waals surface area (Å²) in [4.78, 5) is 13.1. The van der Waals surface area contributed by atoms with E-state index in [1.165, 1.54) is 18.2 Å². The summed E-state index contributed by atoms with van der Waals surface area (Å²) in [5, 5.41) is 16.8. The predicted octanol–water partition coefficient (Wildman–Crippen LogP) is 6.80. The van der Waals surface area contributed by atoms with Gasteiger partial charge in [-0.2, -0.15) is 0 Å². The number of aliphatic hydroxyl groups is 1. The van der Waals surface area contributed by atoms with E-state index in [0.717, 1.165) is 54.7 Å². The first-order chi connectivity index (χ1) is 25.1. The van der Waals surface area contributed by atoms with Crippen molar-refractivity contribution in [2.75, 3.05) is 42.9 Å². The van der Waals surface area contributed by atoms with Gasteiger partial charge in [0.2, 0.25) is 5.79 Å². The maximum Gasteiger partial charge on any atom is 0.261 e. The topological polar surface area (TPSA) is 144 Å². The molecule has 4 aromatic carbocycles. The van der Waals surface area contributed by atoms with Gasteiger partial charge in [-0.15, -0.1) is 0 Å². The Bertz CT molecular complexity index is 1850. The number of anilines is 2. The van der Waals surface area contributed by atoms with E-state index in [1.54, 1.807) is 42.5 Å². The molecule has 1 aliphatic rings. The third-order valence-electron chi connectivity index (χ3n) is 8.39. The molecule has 0 saturated heterocycles. The van der Waals surface area contributed by atoms with E-state index < -0.39 is 21.9 Å². The van der Waals surface area contributed by atoms with Crippen LogP contribution in [0.1, 0.15) is 72.7 Å². The average Bonchev–Trinajstić information content (AvgIpc) is 3.13. The molecule has 0 unspecified atom stereocenters. The number of benzene rings is 4. The summed E-state index contributed by atoms with van der Waals surface area (Å²) >= 11 is 0. The number of unbranched alkanes of at least 4 members (excludes halogenated alkanes) is 3. The number of ether oxygens (including phenoxy) is 4. The van der Waals surface area contributed by atoms with Crippen LogP contribution in [0.2, 0.25) is 0 Å². The van der Waals surface area contributed by atoms with Gasteiger partial charge in [0.15, 0.2) is 0 Å². The number of carbonyl (C=O) groups is 1. The molecule has 12 heteroatoms. The standard InChI is InChI=1S/C40H49N3O8S/c1-40(2)50-29-33-25-31(18-19-38(33)51-40)37(44)27-41-20-8-3-4-9-21-48-22-23-49-28-30-12-10-14-34(24-30)42-39(45)32-13-11-15-35(26-32)43-52(46,47)36-16-6-5-7-17-36/h5-7,10-19,24-26,37,41,43-44H,3-4,8-9,20-23,27-29H2,1-2H3,(H,42,45)/t37-/m1/s1. The van der Waals surface area contributed by atoms with Gasteiger partial charge in [0.05, 0.1) is 37.4 Å². The first-order valence-corrected chi connectivity index (χ1v) is 19.1. The van der Waals surface area contributed by atoms with E-state index in [-0.39, 0.29) is 10.8 Å². The molecule has 0 spiro atoms. The fraction of sp³-hybridized carbons (Fsp3) is 0.375. The van der Waals surface area contributed by atoms with Crippen LogP contribution in [-0.4, -0.2) is 58.1 Å². The lowest BCUT2D eigenvalue weighted by Gasteiger charge is -2.33. The van der Waals surface area contributed by atoms with Crippen LogP contribution in [0.15, 0.2) is 102 Å². The molecule has 4 aromatic rings. The van der Waals surface area contributed by atoms with Crippen molar-refractivity contribution in [1.29, 1.82) is 0 Å². The number of hydrogen-bond acceptors (Lipinski definition) is 9. The molecule has 0 saturated carbocycles. The number of aliphatic hydroxyl groups excluding tert-OH is 1. The number of amides is 1. The highest BCUT2D eigenvalue weighted by atomic mass is 32.2. The molecule has 278 valence electrons. The SMILES string of the molecule is CC1(C)OCc2cc([C@H](O)CNCCCCCCOCCOCc3cccc(NC(=O)c4cccc(NS(=O)(=O)c5ccccc5)c4)c3)ccc2O1. The smallest absolute Gasteiger partial charge is 0.261 e. The van der Waals surface area contributed by atoms with Crippen molar-refractivity contribution in [3.05, 3.63) is 119 Å². The van der Waals surface area contributed by atoms with Gasteiger partial charge in [-0.25, -0.2) is 8.42 Å². The van der Waals surface area contributed by atoms with Crippen LogP contribution in [0.25, 0.3) is 0 Å². The largest absolute Gasteiger partial charge is 0.463 e. The van der Waals surface area contributed by atoms with Crippen molar-refractivity contribution in [2.45, 2.75) is 69.5 Å². The van der Waals surface area contributed by atoms with Gasteiger partial charge in [0.25, 0.3) is 15.9 Å². The van der Waals surface area contributed by atoms with Gasteiger partial charge in [-0.1, -0.05) is 55.3 Å². The molecular weight excluding hydrogens is 683 g/mol. The Balaban J connectivity index is 0.899. The second-order valence-electron chi connectivity index (χ2n) is 13.1. The Labute approximate surface area is 306 Å². The second-order valence-corrected chi connectivity index (χ2v) is 14.8. The second kappa shape index (κ2) is 19.0. The Kier molecular flexibility index (Phi) is 14.2. The minimum atomic E-state index is -3.77. The third-order valence-corrected chi connectivity index (χ3v) is 9.78. The van der Waals surface area contributed by atoms with E-state index >= 15 is 0 Å². The Morgan fingerprint density at radius 1 is 0.846 bits per heavy atom. The molecule has 0 aliphatic carbocycles. The molecule has 1 atom stereocenters. The molecule has 0 radical (unpaired) electrons. The lowest BCUT2D eigenvalue weighted by molar-refractivity contribution is -0.180. The van der Waals surface area contributed by atoms with Crippen molar-refractivity contribution in [3.63, 3.8) is 0 Å². The molecule has 1 amide bonds. The first kappa shape index (κ1) is 38.9. The first-order valence-electron chi connectivity index (χ1n) is 17.7. The van der Waals surface area contributed by atoms with E-state index in [0.29, 0.717) is 56.5 Å². The van der Waals surface area contributed by atoms with E-state index in [2.05, 4.69) is 15.4 Å². The maximum absolute atomic E-state index is 13.0. The molecule has 0 bridgehead atoms. The van der Waals surface area contributed by atoms with E-state index in [9.17, 15) is 18.3 Å². The molecule has 11 nitrogen and oxygen atoms in total. The molecule has 0 aromatic heterocycles. The van der Waals surface area contributed by atoms with Crippen LogP contribution in [0.5, 0.6) is 5.75 Å². The minimum Gasteiger partial charge on any atom is -0.463 e. The lowest BCUT2D eigenvalue weighted by Crippen LogP contribution is -2.35. The van der Waals surface area contributed by atoms with Gasteiger partial charge < -0.3 is 34.7 Å². The normalized spacial score (nSPS) is 14.2. The van der Waals surface area contributed by atoms with Crippen LogP contribution < -0.4 is 20.1 Å². The summed E-state index contributed by atoms with van der Waals surface area (Å²) in [6.45, 7) is 7.58. The van der Waals surface area contributed by atoms with Crippen molar-refractivity contribution in [2.24, 2.45) is 0 Å². The molecular formula is C40H49N3O8S. The summed E-state index contributed by atoms with van der Waals surface area (Å²) in [6.07, 6.45) is 3.56. The Hall–Kier alpha value is -4.30. The van der Waals surface area contributed by atoms with Crippen LogP contribution in [0.3, 0.4) is 0 Å². The number of hydrogen-bond donors (Lipinski definition) is 4. The van der Waals surface area contributed by atoms with Gasteiger partial charge in [-0.05, 0) is 85.1 Å². The fourth-order valence-electron chi connectivity index (χ4n) is 5.62. The number of carbonyl (C=O) groups excluding carboxylic acids is 1. The van der Waals surface area contributed by atoms with Crippen LogP contribution in [0, 0.1) is 0 Å². The van der Waals surface area contributed by atoms with Crippen molar-refractivity contribution >= 4 is 27.3 Å². The molecule has 4 N–H and O–H groups in total. The quantitative estimate of drug-likeness (QED) is 0.0722. The Morgan fingerprint density at radius 2 is 1.62 bits per heavy atom. The summed E-state index contributed by atoms with van der Waals surface area (Å²) in [5.41, 5.74) is 3.92. The zero-order chi connectivity index (χ0) is 36.8. The maximum atomic E-state index is 13.0. The number of sulfonamides is 1. The molecule has 52 heavy (non-hydrogen) atoms. The third kappa shape index (κ3) is 12.1. The van der Waals surface area contributed by atoms with Gasteiger partial charge in [0, 0.05) is 49.5 Å². The summed E-state index contributed by atoms with van der Waals surface area (Å²) in [7, 11) is -3.77. The number of nitrogens with one attached hydrogen (secondary N) is 3. The van der Waals surface area contributed by atoms with Crippen LogP contribution in [-0.2, 0) is 37.4 Å². The number of rotatable bonds is 20. The zero-order valence-corrected chi connectivity index (χ0v) is 30.6. The highest BCUT2D eigenvalue weighted by molar-refractivity contribution is 7.92. The zero-order valence-electron chi connectivity index (χ0n) is 29.8. The van der Waals surface area contributed by atoms with Crippen molar-refractivity contribution < 1.29 is 37.3 Å². The van der Waals surface area contributed by atoms with Crippen LogP contribution in [0.4, 0.5) is 11.4 Å². The fourth-order valence-corrected chi connectivity index (χ4v) is 6.69. The van der Waals surface area contributed by atoms with E-state index in [4.69, 9.17) is 18.9 Å². The lowest BCUT2D eigenvalue weighted by atomic mass is 10.0. The van der Waals surface area contributed by atoms with Crippen LogP contribution >= 0.6 is 0 Å².